The fourth-order valence-corrected chi connectivity index (χ4v) is 3.09. The van der Waals surface area contributed by atoms with Crippen molar-refractivity contribution in [3.8, 4) is 0 Å². The van der Waals surface area contributed by atoms with E-state index >= 15 is 0 Å². The van der Waals surface area contributed by atoms with Gasteiger partial charge in [-0.25, -0.2) is 0 Å². The molecule has 0 saturated carbocycles. The van der Waals surface area contributed by atoms with Gasteiger partial charge >= 0.3 is 0 Å². The third kappa shape index (κ3) is 3.83. The van der Waals surface area contributed by atoms with E-state index in [0.29, 0.717) is 0 Å². The molecule has 3 N–H and O–H groups in total. The molecule has 3 rings (SSSR count). The number of benzene rings is 2. The number of para-hydroxylation sites is 1. The summed E-state index contributed by atoms with van der Waals surface area (Å²) in [5.41, 5.74) is 10.1. The molecular weight excluding hydrogens is 296 g/mol. The molecule has 2 atom stereocenters. The van der Waals surface area contributed by atoms with Crippen molar-refractivity contribution in [1.29, 1.82) is 0 Å². The number of fused-ring (bicyclic) bond motifs is 1. The number of hydrogen-bond donors (Lipinski definition) is 2. The minimum absolute atomic E-state index is 0.0741. The van der Waals surface area contributed by atoms with Crippen molar-refractivity contribution in [3.63, 3.8) is 0 Å². The summed E-state index contributed by atoms with van der Waals surface area (Å²) in [6.45, 7) is 1.67. The van der Waals surface area contributed by atoms with Crippen molar-refractivity contribution < 1.29 is 0 Å². The molecule has 0 spiro atoms. The molecule has 4 nitrogen and oxygen atoms in total. The van der Waals surface area contributed by atoms with Gasteiger partial charge in [0.15, 0.2) is 0 Å². The number of nitrogens with one attached hydrogen (secondary N) is 1. The van der Waals surface area contributed by atoms with E-state index in [4.69, 9.17) is 10.7 Å². The van der Waals surface area contributed by atoms with Gasteiger partial charge in [0.1, 0.15) is 5.84 Å². The van der Waals surface area contributed by atoms with Gasteiger partial charge in [-0.3, -0.25) is 4.99 Å². The number of aliphatic imine (C=N–C) groups is 1. The van der Waals surface area contributed by atoms with E-state index in [1.54, 1.807) is 0 Å². The molecule has 1 aliphatic heterocycles. The zero-order valence-corrected chi connectivity index (χ0v) is 14.4. The van der Waals surface area contributed by atoms with Crippen LogP contribution in [0.5, 0.6) is 0 Å². The highest BCUT2D eigenvalue weighted by molar-refractivity contribution is 6.00. The van der Waals surface area contributed by atoms with E-state index in [-0.39, 0.29) is 12.0 Å². The highest BCUT2D eigenvalue weighted by atomic mass is 15.1. The molecule has 0 radical (unpaired) electrons. The van der Waals surface area contributed by atoms with Crippen LogP contribution in [0.15, 0.2) is 59.6 Å². The van der Waals surface area contributed by atoms with Gasteiger partial charge in [0.25, 0.3) is 0 Å². The van der Waals surface area contributed by atoms with E-state index < -0.39 is 0 Å². The predicted octanol–water partition coefficient (Wildman–Crippen LogP) is 2.92. The Bertz CT molecular complexity index is 694. The molecule has 1 aliphatic rings. The van der Waals surface area contributed by atoms with Crippen LogP contribution in [0.3, 0.4) is 0 Å². The van der Waals surface area contributed by atoms with Crippen molar-refractivity contribution in [2.45, 2.75) is 18.4 Å². The summed E-state index contributed by atoms with van der Waals surface area (Å²) in [5.74, 6) is 1.15. The number of nitrogens with zero attached hydrogens (tertiary/aromatic N) is 2. The van der Waals surface area contributed by atoms with E-state index in [0.717, 1.165) is 31.0 Å². The number of amidine groups is 1. The predicted molar refractivity (Wildman–Crippen MR) is 102 cm³/mol. The normalized spacial score (nSPS) is 18.3. The molecule has 2 unspecified atom stereocenters. The summed E-state index contributed by atoms with van der Waals surface area (Å²) in [5, 5.41) is 3.49. The lowest BCUT2D eigenvalue weighted by Gasteiger charge is -2.19. The Balaban J connectivity index is 1.89. The minimum atomic E-state index is -0.0741. The van der Waals surface area contributed by atoms with Gasteiger partial charge in [0.05, 0.1) is 12.6 Å². The van der Waals surface area contributed by atoms with Crippen molar-refractivity contribution in [2.24, 2.45) is 10.7 Å². The highest BCUT2D eigenvalue weighted by Gasteiger charge is 2.23. The maximum atomic E-state index is 6.39. The van der Waals surface area contributed by atoms with Crippen LogP contribution in [0, 0.1) is 0 Å². The summed E-state index contributed by atoms with van der Waals surface area (Å²) in [6, 6.07) is 18.9. The van der Waals surface area contributed by atoms with Gasteiger partial charge in [-0.2, -0.15) is 0 Å². The molecule has 2 aromatic rings. The quantitative estimate of drug-likeness (QED) is 0.890. The van der Waals surface area contributed by atoms with Crippen LogP contribution in [0.4, 0.5) is 5.69 Å². The van der Waals surface area contributed by atoms with Gasteiger partial charge in [-0.1, -0.05) is 48.5 Å². The maximum Gasteiger partial charge on any atom is 0.118 e. The summed E-state index contributed by atoms with van der Waals surface area (Å²) in [7, 11) is 4.13. The molecule has 0 aromatic heterocycles. The lowest BCUT2D eigenvalue weighted by Crippen LogP contribution is -2.38. The summed E-state index contributed by atoms with van der Waals surface area (Å²) in [4.78, 5) is 6.99. The third-order valence-corrected chi connectivity index (χ3v) is 4.48. The van der Waals surface area contributed by atoms with Crippen molar-refractivity contribution in [2.75, 3.05) is 32.5 Å². The lowest BCUT2D eigenvalue weighted by molar-refractivity contribution is 0.395. The zero-order chi connectivity index (χ0) is 16.9. The molecule has 0 saturated heterocycles. The zero-order valence-electron chi connectivity index (χ0n) is 14.4. The Morgan fingerprint density at radius 3 is 2.58 bits per heavy atom. The van der Waals surface area contributed by atoms with Gasteiger partial charge in [0.2, 0.25) is 0 Å². The second kappa shape index (κ2) is 7.60. The Morgan fingerprint density at radius 1 is 1.12 bits per heavy atom. The Kier molecular flexibility index (Phi) is 5.28. The van der Waals surface area contributed by atoms with Crippen LogP contribution in [0.1, 0.15) is 23.5 Å². The van der Waals surface area contributed by atoms with Crippen LogP contribution >= 0.6 is 0 Å². The Labute approximate surface area is 144 Å². The SMILES string of the molecule is CN(C)CCC(N)C1=NCC(c2ccccc2)c2ccccc2N1. The average Bonchev–Trinajstić information content (AvgIpc) is 2.80. The van der Waals surface area contributed by atoms with Gasteiger partial charge in [-0.15, -0.1) is 0 Å². The summed E-state index contributed by atoms with van der Waals surface area (Å²) < 4.78 is 0. The van der Waals surface area contributed by atoms with E-state index in [1.165, 1.54) is 11.1 Å². The maximum absolute atomic E-state index is 6.39. The molecule has 0 aliphatic carbocycles. The molecule has 2 aromatic carbocycles. The second-order valence-corrected chi connectivity index (χ2v) is 6.60. The Hall–Kier alpha value is -2.17. The van der Waals surface area contributed by atoms with Crippen LogP contribution in [-0.4, -0.2) is 44.0 Å². The van der Waals surface area contributed by atoms with E-state index in [9.17, 15) is 0 Å². The molecule has 24 heavy (non-hydrogen) atoms. The van der Waals surface area contributed by atoms with Crippen LogP contribution in [0.2, 0.25) is 0 Å². The molecule has 1 heterocycles. The standard InChI is InChI=1S/C20H26N4/c1-24(2)13-12-18(21)20-22-14-17(15-8-4-3-5-9-15)16-10-6-7-11-19(16)23-20/h3-11,17-18H,12-14,21H2,1-2H3,(H,22,23). The first-order valence-electron chi connectivity index (χ1n) is 8.50. The Morgan fingerprint density at radius 2 is 1.83 bits per heavy atom. The molecule has 0 fully saturated rings. The number of hydrogen-bond acceptors (Lipinski definition) is 4. The molecule has 4 heteroatoms. The number of anilines is 1. The van der Waals surface area contributed by atoms with Crippen molar-refractivity contribution in [1.82, 2.24) is 4.90 Å². The highest BCUT2D eigenvalue weighted by Crippen LogP contribution is 2.32. The first-order chi connectivity index (χ1) is 11.6. The van der Waals surface area contributed by atoms with Crippen LogP contribution < -0.4 is 11.1 Å². The van der Waals surface area contributed by atoms with Crippen LogP contribution in [0.25, 0.3) is 0 Å². The van der Waals surface area contributed by atoms with Gasteiger partial charge in [0, 0.05) is 11.6 Å². The fourth-order valence-electron chi connectivity index (χ4n) is 3.09. The second-order valence-electron chi connectivity index (χ2n) is 6.60. The minimum Gasteiger partial charge on any atom is -0.343 e. The first kappa shape index (κ1) is 16.7. The van der Waals surface area contributed by atoms with E-state index in [1.807, 2.05) is 0 Å². The first-order valence-corrected chi connectivity index (χ1v) is 8.50. The summed E-state index contributed by atoms with van der Waals surface area (Å²) in [6.07, 6.45) is 0.886. The largest absolute Gasteiger partial charge is 0.343 e. The topological polar surface area (TPSA) is 53.6 Å². The average molecular weight is 322 g/mol. The van der Waals surface area contributed by atoms with Crippen LogP contribution in [-0.2, 0) is 0 Å². The van der Waals surface area contributed by atoms with Crippen molar-refractivity contribution >= 4 is 11.5 Å². The fraction of sp³-hybridized carbons (Fsp3) is 0.350. The molecule has 0 amide bonds. The number of rotatable bonds is 5. The molecule has 126 valence electrons. The molecular formula is C20H26N4. The smallest absolute Gasteiger partial charge is 0.118 e. The summed E-state index contributed by atoms with van der Waals surface area (Å²) >= 11 is 0. The van der Waals surface area contributed by atoms with Crippen molar-refractivity contribution in [3.05, 3.63) is 65.7 Å². The molecule has 0 bridgehead atoms. The lowest BCUT2D eigenvalue weighted by atomic mass is 9.90. The van der Waals surface area contributed by atoms with Gasteiger partial charge in [-0.05, 0) is 44.3 Å². The number of nitrogens with two attached hydrogens (primary N) is 1. The van der Waals surface area contributed by atoms with E-state index in [2.05, 4.69) is 78.9 Å². The third-order valence-electron chi connectivity index (χ3n) is 4.48. The van der Waals surface area contributed by atoms with Gasteiger partial charge < -0.3 is 16.0 Å². The monoisotopic (exact) mass is 322 g/mol.